The van der Waals surface area contributed by atoms with E-state index in [4.69, 9.17) is 9.47 Å². The molecule has 0 unspecified atom stereocenters. The second-order valence-corrected chi connectivity index (χ2v) is 13.8. The molecule has 0 aromatic rings. The summed E-state index contributed by atoms with van der Waals surface area (Å²) in [5, 5.41) is 0. The minimum atomic E-state index is -0.0692. The van der Waals surface area contributed by atoms with Crippen LogP contribution in [0, 0.1) is 22.7 Å². The zero-order chi connectivity index (χ0) is 28.3. The summed E-state index contributed by atoms with van der Waals surface area (Å²) < 4.78 is 11.5. The van der Waals surface area contributed by atoms with Gasteiger partial charge >= 0.3 is 11.9 Å². The highest BCUT2D eigenvalue weighted by Crippen LogP contribution is 2.33. The van der Waals surface area contributed by atoms with Crippen LogP contribution >= 0.6 is 0 Å². The quantitative estimate of drug-likeness (QED) is 0.102. The van der Waals surface area contributed by atoms with Crippen molar-refractivity contribution in [1.82, 2.24) is 0 Å². The Labute approximate surface area is 236 Å². The van der Waals surface area contributed by atoms with Gasteiger partial charge in [0.05, 0.1) is 25.0 Å². The predicted molar refractivity (Wildman–Crippen MR) is 160 cm³/mol. The van der Waals surface area contributed by atoms with Gasteiger partial charge < -0.3 is 9.47 Å². The third kappa shape index (κ3) is 16.8. The highest BCUT2D eigenvalue weighted by molar-refractivity contribution is 5.75. The molecule has 224 valence electrons. The zero-order valence-electron chi connectivity index (χ0n) is 26.3. The first kappa shape index (κ1) is 35.0. The molecule has 0 aromatic carbocycles. The normalized spacial score (nSPS) is 18.4. The molecule has 38 heavy (non-hydrogen) atoms. The number of esters is 2. The molecule has 1 saturated carbocycles. The van der Waals surface area contributed by atoms with Crippen LogP contribution in [-0.2, 0) is 19.1 Å². The third-order valence-corrected chi connectivity index (χ3v) is 8.52. The lowest BCUT2D eigenvalue weighted by molar-refractivity contribution is -0.158. The van der Waals surface area contributed by atoms with E-state index in [2.05, 4.69) is 41.5 Å². The molecule has 1 aliphatic carbocycles. The second-order valence-electron chi connectivity index (χ2n) is 13.8. The summed E-state index contributed by atoms with van der Waals surface area (Å²) in [4.78, 5) is 25.4. The molecular weight excluding hydrogens is 472 g/mol. The van der Waals surface area contributed by atoms with E-state index < -0.39 is 0 Å². The zero-order valence-corrected chi connectivity index (χ0v) is 26.3. The molecule has 0 aromatic heterocycles. The van der Waals surface area contributed by atoms with Gasteiger partial charge in [-0.1, -0.05) is 131 Å². The minimum Gasteiger partial charge on any atom is -0.465 e. The van der Waals surface area contributed by atoms with E-state index >= 15 is 0 Å². The van der Waals surface area contributed by atoms with Gasteiger partial charge in [-0.15, -0.1) is 0 Å². The second kappa shape index (κ2) is 19.9. The van der Waals surface area contributed by atoms with Crippen molar-refractivity contribution in [3.05, 3.63) is 0 Å². The van der Waals surface area contributed by atoms with Gasteiger partial charge in [-0.25, -0.2) is 0 Å². The average molecular weight is 537 g/mol. The Balaban J connectivity index is 2.20. The molecule has 0 saturated heterocycles. The largest absolute Gasteiger partial charge is 0.465 e. The van der Waals surface area contributed by atoms with Crippen molar-refractivity contribution < 1.29 is 19.1 Å². The minimum absolute atomic E-state index is 0.0297. The highest BCUT2D eigenvalue weighted by Gasteiger charge is 2.33. The monoisotopic (exact) mass is 536 g/mol. The molecule has 0 aliphatic heterocycles. The summed E-state index contributed by atoms with van der Waals surface area (Å²) in [7, 11) is 0. The Kier molecular flexibility index (Phi) is 18.3. The number of unbranched alkanes of at least 4 members (excludes halogenated alkanes) is 12. The average Bonchev–Trinajstić information content (AvgIpc) is 2.89. The van der Waals surface area contributed by atoms with Crippen LogP contribution in [0.15, 0.2) is 0 Å². The fourth-order valence-electron chi connectivity index (χ4n) is 5.60. The van der Waals surface area contributed by atoms with Gasteiger partial charge in [-0.2, -0.15) is 0 Å². The number of ether oxygens (including phenoxy) is 2. The van der Waals surface area contributed by atoms with Crippen molar-refractivity contribution in [1.29, 1.82) is 0 Å². The molecule has 1 aliphatic rings. The lowest BCUT2D eigenvalue weighted by atomic mass is 9.82. The van der Waals surface area contributed by atoms with Gasteiger partial charge in [0, 0.05) is 0 Å². The summed E-state index contributed by atoms with van der Waals surface area (Å²) in [6.07, 6.45) is 23.4. The van der Waals surface area contributed by atoms with E-state index in [-0.39, 0.29) is 34.6 Å². The van der Waals surface area contributed by atoms with Crippen LogP contribution < -0.4 is 0 Å². The van der Waals surface area contributed by atoms with Crippen LogP contribution in [0.4, 0.5) is 0 Å². The number of rotatable bonds is 22. The number of hydrogen-bond acceptors (Lipinski definition) is 4. The SMILES string of the molecule is CCCCCCCCCC(C)(C)COC(=O)C1CCC(C(=O)OCC(C)(C)CCCCCCCCC)CC1. The number of carbonyl (C=O) groups is 2. The molecule has 1 rings (SSSR count). The standard InChI is InChI=1S/C34H64O4/c1-7-9-11-13-15-17-19-25-33(3,4)27-37-31(35)29-21-23-30(24-22-29)32(36)38-28-34(5,6)26-20-18-16-14-12-10-8-2/h29-30H,7-28H2,1-6H3. The molecule has 0 bridgehead atoms. The van der Waals surface area contributed by atoms with Crippen LogP contribution in [0.2, 0.25) is 0 Å². The van der Waals surface area contributed by atoms with E-state index in [9.17, 15) is 9.59 Å². The van der Waals surface area contributed by atoms with Crippen molar-refractivity contribution in [2.75, 3.05) is 13.2 Å². The van der Waals surface area contributed by atoms with Gasteiger partial charge in [0.2, 0.25) is 0 Å². The molecule has 0 amide bonds. The van der Waals surface area contributed by atoms with Crippen LogP contribution in [0.25, 0.3) is 0 Å². The Morgan fingerprint density at radius 1 is 0.526 bits per heavy atom. The summed E-state index contributed by atoms with van der Waals surface area (Å²) in [5.74, 6) is -0.273. The van der Waals surface area contributed by atoms with E-state index in [1.807, 2.05) is 0 Å². The van der Waals surface area contributed by atoms with Crippen LogP contribution in [0.1, 0.15) is 170 Å². The predicted octanol–water partition coefficient (Wildman–Crippen LogP) is 10.2. The maximum absolute atomic E-state index is 12.7. The van der Waals surface area contributed by atoms with Crippen molar-refractivity contribution in [3.8, 4) is 0 Å². The smallest absolute Gasteiger partial charge is 0.308 e. The van der Waals surface area contributed by atoms with Crippen molar-refractivity contribution in [2.24, 2.45) is 22.7 Å². The first-order valence-corrected chi connectivity index (χ1v) is 16.4. The van der Waals surface area contributed by atoms with Gasteiger partial charge in [0.1, 0.15) is 0 Å². The van der Waals surface area contributed by atoms with E-state index in [0.29, 0.717) is 13.2 Å². The number of hydrogen-bond donors (Lipinski definition) is 0. The molecule has 0 heterocycles. The van der Waals surface area contributed by atoms with Gasteiger partial charge in [-0.05, 0) is 49.4 Å². The molecule has 0 radical (unpaired) electrons. The molecule has 4 nitrogen and oxygen atoms in total. The van der Waals surface area contributed by atoms with Gasteiger partial charge in [0.25, 0.3) is 0 Å². The lowest BCUT2D eigenvalue weighted by Crippen LogP contribution is -2.31. The summed E-state index contributed by atoms with van der Waals surface area (Å²) in [5.41, 5.74) is 0.0594. The first-order chi connectivity index (χ1) is 18.1. The summed E-state index contributed by atoms with van der Waals surface area (Å²) in [6.45, 7) is 14.3. The van der Waals surface area contributed by atoms with Gasteiger partial charge in [0.15, 0.2) is 0 Å². The van der Waals surface area contributed by atoms with Crippen LogP contribution in [-0.4, -0.2) is 25.2 Å². The molecular formula is C34H64O4. The van der Waals surface area contributed by atoms with Crippen molar-refractivity contribution >= 4 is 11.9 Å². The maximum Gasteiger partial charge on any atom is 0.308 e. The topological polar surface area (TPSA) is 52.6 Å². The van der Waals surface area contributed by atoms with Crippen molar-refractivity contribution in [2.45, 2.75) is 170 Å². The molecule has 1 fully saturated rings. The summed E-state index contributed by atoms with van der Waals surface area (Å²) >= 11 is 0. The van der Waals surface area contributed by atoms with Crippen LogP contribution in [0.3, 0.4) is 0 Å². The Morgan fingerprint density at radius 3 is 1.13 bits per heavy atom. The molecule has 0 atom stereocenters. The summed E-state index contributed by atoms with van der Waals surface area (Å²) in [6, 6.07) is 0. The molecule has 0 spiro atoms. The third-order valence-electron chi connectivity index (χ3n) is 8.52. The molecule has 4 heteroatoms. The highest BCUT2D eigenvalue weighted by atomic mass is 16.5. The fraction of sp³-hybridized carbons (Fsp3) is 0.941. The molecule has 0 N–H and O–H groups in total. The Morgan fingerprint density at radius 2 is 0.816 bits per heavy atom. The van der Waals surface area contributed by atoms with E-state index in [1.54, 1.807) is 0 Å². The number of carbonyl (C=O) groups excluding carboxylic acids is 2. The fourth-order valence-corrected chi connectivity index (χ4v) is 5.60. The Bertz CT molecular complexity index is 562. The van der Waals surface area contributed by atoms with Crippen LogP contribution in [0.5, 0.6) is 0 Å². The maximum atomic E-state index is 12.7. The van der Waals surface area contributed by atoms with Gasteiger partial charge in [-0.3, -0.25) is 9.59 Å². The Hall–Kier alpha value is -1.06. The van der Waals surface area contributed by atoms with Crippen molar-refractivity contribution in [3.63, 3.8) is 0 Å². The first-order valence-electron chi connectivity index (χ1n) is 16.4. The lowest BCUT2D eigenvalue weighted by Gasteiger charge is -2.30. The van der Waals surface area contributed by atoms with E-state index in [1.165, 1.54) is 89.9 Å². The van der Waals surface area contributed by atoms with E-state index in [0.717, 1.165) is 38.5 Å².